The molecular weight excluding hydrogens is 399 g/mol. The number of aromatic nitrogens is 1. The second kappa shape index (κ2) is 9.01. The van der Waals surface area contributed by atoms with E-state index in [1.807, 2.05) is 0 Å². The number of hydrogen-bond donors (Lipinski definition) is 2. The van der Waals surface area contributed by atoms with Crippen LogP contribution in [0.5, 0.6) is 11.6 Å². The lowest BCUT2D eigenvalue weighted by atomic mass is 10.1. The monoisotopic (exact) mass is 416 g/mol. The Bertz CT molecular complexity index is 1030. The van der Waals surface area contributed by atoms with E-state index in [-0.39, 0.29) is 36.2 Å². The number of rotatable bonds is 5. The number of nitrogens with one attached hydrogen (secondary N) is 1. The summed E-state index contributed by atoms with van der Waals surface area (Å²) in [5.41, 5.74) is 0.0932. The number of fused-ring (bicyclic) bond motifs is 1. The molecule has 0 atom stereocenters. The first-order chi connectivity index (χ1) is 14.4. The van der Waals surface area contributed by atoms with Gasteiger partial charge in [0.15, 0.2) is 5.75 Å². The quantitative estimate of drug-likeness (QED) is 0.426. The van der Waals surface area contributed by atoms with Gasteiger partial charge in [0.05, 0.1) is 24.9 Å². The molecule has 0 spiro atoms. The Hall–Kier alpha value is -3.99. The number of ether oxygens (including phenoxy) is 3. The van der Waals surface area contributed by atoms with Gasteiger partial charge in [-0.3, -0.25) is 10.3 Å². The van der Waals surface area contributed by atoms with Crippen LogP contribution in [0, 0.1) is 5.82 Å². The highest BCUT2D eigenvalue weighted by Crippen LogP contribution is 2.27. The molecule has 1 amide bonds. The third kappa shape index (κ3) is 4.89. The number of carbonyl (C=O) groups excluding carboxylic acids is 3. The highest BCUT2D eigenvalue weighted by Gasteiger charge is 2.26. The maximum absolute atomic E-state index is 13.6. The predicted octanol–water partition coefficient (Wildman–Crippen LogP) is 1.87. The first-order valence-electron chi connectivity index (χ1n) is 8.72. The van der Waals surface area contributed by atoms with E-state index < -0.39 is 23.8 Å². The molecule has 2 aromatic rings. The zero-order chi connectivity index (χ0) is 21.7. The summed E-state index contributed by atoms with van der Waals surface area (Å²) in [7, 11) is 0. The number of hydrazine groups is 1. The molecule has 0 aliphatic carbocycles. The van der Waals surface area contributed by atoms with Crippen LogP contribution in [-0.4, -0.2) is 34.6 Å². The van der Waals surface area contributed by atoms with Gasteiger partial charge in [0, 0.05) is 6.20 Å². The van der Waals surface area contributed by atoms with Gasteiger partial charge in [0.2, 0.25) is 0 Å². The maximum atomic E-state index is 13.6. The third-order valence-electron chi connectivity index (χ3n) is 3.83. The molecule has 0 bridgehead atoms. The van der Waals surface area contributed by atoms with E-state index in [1.165, 1.54) is 24.4 Å². The lowest BCUT2D eigenvalue weighted by Crippen LogP contribution is -2.37. The zero-order valence-corrected chi connectivity index (χ0v) is 15.8. The Balaban J connectivity index is 1.84. The van der Waals surface area contributed by atoms with Gasteiger partial charge in [0.25, 0.3) is 5.88 Å². The van der Waals surface area contributed by atoms with Gasteiger partial charge < -0.3 is 14.2 Å². The molecule has 156 valence electrons. The van der Waals surface area contributed by atoms with Crippen LogP contribution in [0.3, 0.4) is 0 Å². The fourth-order valence-electron chi connectivity index (χ4n) is 2.53. The Labute approximate surface area is 170 Å². The van der Waals surface area contributed by atoms with Crippen molar-refractivity contribution in [3.8, 4) is 11.6 Å². The third-order valence-corrected chi connectivity index (χ3v) is 3.83. The van der Waals surface area contributed by atoms with Crippen molar-refractivity contribution >= 4 is 23.7 Å². The van der Waals surface area contributed by atoms with E-state index in [4.69, 9.17) is 20.1 Å². The van der Waals surface area contributed by atoms with Crippen molar-refractivity contribution in [2.75, 3.05) is 11.9 Å². The minimum atomic E-state index is -0.948. The molecule has 0 fully saturated rings. The number of amides is 1. The van der Waals surface area contributed by atoms with E-state index in [0.717, 1.165) is 23.2 Å². The smallest absolute Gasteiger partial charge is 0.411 e. The summed E-state index contributed by atoms with van der Waals surface area (Å²) < 4.78 is 28.6. The molecule has 0 saturated heterocycles. The molecule has 10 nitrogen and oxygen atoms in total. The minimum absolute atomic E-state index is 0.0193. The number of esters is 2. The summed E-state index contributed by atoms with van der Waals surface area (Å²) in [5, 5.41) is 3.30. The van der Waals surface area contributed by atoms with Crippen molar-refractivity contribution in [1.29, 1.82) is 0 Å². The summed E-state index contributed by atoms with van der Waals surface area (Å²) in [5.74, 6) is 3.34. The first-order valence-corrected chi connectivity index (χ1v) is 8.72. The minimum Gasteiger partial charge on any atom is -0.450 e. The van der Waals surface area contributed by atoms with Gasteiger partial charge in [-0.05, 0) is 36.8 Å². The van der Waals surface area contributed by atoms with Crippen LogP contribution < -0.4 is 20.6 Å². The van der Waals surface area contributed by atoms with Crippen LogP contribution >= 0.6 is 0 Å². The highest BCUT2D eigenvalue weighted by atomic mass is 19.1. The molecular formula is C19H17FN4O6. The highest BCUT2D eigenvalue weighted by molar-refractivity contribution is 5.98. The Kier molecular flexibility index (Phi) is 6.23. The lowest BCUT2D eigenvalue weighted by molar-refractivity contribution is -0.136. The number of anilines is 1. The molecule has 1 aromatic heterocycles. The molecule has 30 heavy (non-hydrogen) atoms. The predicted molar refractivity (Wildman–Crippen MR) is 100 cm³/mol. The van der Waals surface area contributed by atoms with Crippen LogP contribution in [0.25, 0.3) is 0 Å². The van der Waals surface area contributed by atoms with E-state index in [9.17, 15) is 18.8 Å². The molecule has 1 aliphatic heterocycles. The molecule has 3 rings (SSSR count). The van der Waals surface area contributed by atoms with Crippen molar-refractivity contribution in [3.05, 3.63) is 59.7 Å². The molecule has 0 radical (unpaired) electrons. The average molecular weight is 416 g/mol. The second-order valence-corrected chi connectivity index (χ2v) is 5.92. The zero-order valence-electron chi connectivity index (χ0n) is 15.8. The van der Waals surface area contributed by atoms with E-state index in [2.05, 4.69) is 10.3 Å². The number of benzene rings is 1. The van der Waals surface area contributed by atoms with Crippen LogP contribution in [0.2, 0.25) is 0 Å². The van der Waals surface area contributed by atoms with Crippen LogP contribution in [0.1, 0.15) is 12.5 Å². The van der Waals surface area contributed by atoms with Gasteiger partial charge in [0.1, 0.15) is 11.5 Å². The molecule has 1 aromatic carbocycles. The number of nitrogens with zero attached hydrogens (tertiary/aromatic N) is 2. The summed E-state index contributed by atoms with van der Waals surface area (Å²) >= 11 is 0. The fraction of sp³-hybridized carbons (Fsp3) is 0.158. The molecule has 0 unspecified atom stereocenters. The van der Waals surface area contributed by atoms with E-state index in [1.54, 1.807) is 6.92 Å². The Morgan fingerprint density at radius 2 is 2.10 bits per heavy atom. The van der Waals surface area contributed by atoms with Crippen molar-refractivity contribution in [2.24, 2.45) is 5.84 Å². The van der Waals surface area contributed by atoms with Crippen LogP contribution in [0.4, 0.5) is 14.9 Å². The normalized spacial score (nSPS) is 14.8. The number of hydrogen-bond acceptors (Lipinski definition) is 9. The van der Waals surface area contributed by atoms with Gasteiger partial charge in [-0.15, -0.1) is 0 Å². The van der Waals surface area contributed by atoms with Crippen molar-refractivity contribution in [2.45, 2.75) is 13.5 Å². The Morgan fingerprint density at radius 1 is 1.30 bits per heavy atom. The molecule has 1 aliphatic rings. The topological polar surface area (TPSA) is 133 Å². The van der Waals surface area contributed by atoms with Gasteiger partial charge in [-0.25, -0.2) is 29.6 Å². The lowest BCUT2D eigenvalue weighted by Gasteiger charge is -2.23. The molecule has 0 saturated carbocycles. The summed E-state index contributed by atoms with van der Waals surface area (Å²) in [4.78, 5) is 40.2. The van der Waals surface area contributed by atoms with Crippen LogP contribution in [-0.2, 0) is 20.9 Å². The average Bonchev–Trinajstić information content (AvgIpc) is 2.68. The van der Waals surface area contributed by atoms with Crippen molar-refractivity contribution in [3.63, 3.8) is 0 Å². The number of pyridine rings is 1. The molecule has 3 N–H and O–H groups in total. The summed E-state index contributed by atoms with van der Waals surface area (Å²) in [6, 6.07) is 6.51. The second-order valence-electron chi connectivity index (χ2n) is 5.92. The first kappa shape index (κ1) is 20.7. The molecule has 2 heterocycles. The maximum Gasteiger partial charge on any atom is 0.411 e. The van der Waals surface area contributed by atoms with Gasteiger partial charge in [-0.1, -0.05) is 6.07 Å². The van der Waals surface area contributed by atoms with E-state index >= 15 is 0 Å². The Morgan fingerprint density at radius 3 is 2.87 bits per heavy atom. The van der Waals surface area contributed by atoms with Gasteiger partial charge in [-0.2, -0.15) is 0 Å². The fourth-order valence-corrected chi connectivity index (χ4v) is 2.53. The SMILES string of the molecule is CCOC(=O)Nc1cc(F)ccc1CN(N)/C1=C\C(=O)Oc2cccnc2OC1=O. The standard InChI is InChI=1S/C19H17FN4O6/c1-2-28-19(27)23-13-8-12(20)6-5-11(13)10-24(21)14-9-16(25)29-15-4-3-7-22-17(15)30-18(14)26/h3-9H,2,10,21H2,1H3,(H,23,27)/b14-9-. The summed E-state index contributed by atoms with van der Waals surface area (Å²) in [6.07, 6.45) is 1.43. The number of carbonyl (C=O) groups is 3. The van der Waals surface area contributed by atoms with Gasteiger partial charge >= 0.3 is 18.0 Å². The summed E-state index contributed by atoms with van der Waals surface area (Å²) in [6.45, 7) is 1.55. The van der Waals surface area contributed by atoms with Crippen molar-refractivity contribution < 1.29 is 33.0 Å². The molecule has 11 heteroatoms. The number of nitrogens with two attached hydrogens (primary N) is 1. The van der Waals surface area contributed by atoms with E-state index in [0.29, 0.717) is 5.56 Å². The van der Waals surface area contributed by atoms with Crippen molar-refractivity contribution in [1.82, 2.24) is 9.99 Å². The number of halogens is 1. The van der Waals surface area contributed by atoms with Crippen LogP contribution in [0.15, 0.2) is 48.3 Å². The largest absolute Gasteiger partial charge is 0.450 e.